The SMILES string of the molecule is CCCSc1nc(NCCN)c2nnn(Cc3ccc(CCCNC(=O)C4CCN(CCNC(=O)c5cnc(N/N=C6\C(c7ccccc7)=NN(c7nc(-c8ccccc8)cs7)C6O)s5)CC4)cc3)c2n1. The van der Waals surface area contributed by atoms with Crippen LogP contribution in [0.2, 0.25) is 0 Å². The minimum Gasteiger partial charge on any atom is -0.367 e. The zero-order chi connectivity index (χ0) is 48.9. The minimum atomic E-state index is -1.21. The lowest BCUT2D eigenvalue weighted by atomic mass is 9.96. The van der Waals surface area contributed by atoms with Gasteiger partial charge in [-0.2, -0.15) is 10.2 Å². The summed E-state index contributed by atoms with van der Waals surface area (Å²) in [4.78, 5) is 47.5. The normalized spacial score (nSPS) is 15.9. The number of aliphatic hydroxyl groups excluding tert-OH is 1. The first-order chi connectivity index (χ1) is 34.8. The third kappa shape index (κ3) is 12.4. The number of thiazole rings is 2. The van der Waals surface area contributed by atoms with Gasteiger partial charge in [0.2, 0.25) is 16.2 Å². The number of likely N-dealkylation sites (tertiary alicyclic amines) is 1. The Kier molecular flexibility index (Phi) is 16.6. The number of amides is 2. The van der Waals surface area contributed by atoms with Crippen LogP contribution in [0.1, 0.15) is 59.0 Å². The Morgan fingerprint density at radius 2 is 1.68 bits per heavy atom. The number of nitrogens with one attached hydrogen (secondary N) is 4. The predicted molar refractivity (Wildman–Crippen MR) is 282 cm³/mol. The van der Waals surface area contributed by atoms with E-state index in [1.165, 1.54) is 28.1 Å². The molecule has 2 aliphatic heterocycles. The fourth-order valence-electron chi connectivity index (χ4n) is 8.14. The van der Waals surface area contributed by atoms with Crippen molar-refractivity contribution >= 4 is 84.9 Å². The molecule has 0 spiro atoms. The van der Waals surface area contributed by atoms with E-state index in [0.717, 1.165) is 84.7 Å². The summed E-state index contributed by atoms with van der Waals surface area (Å²) in [7, 11) is 0. The number of anilines is 3. The maximum Gasteiger partial charge on any atom is 0.263 e. The highest BCUT2D eigenvalue weighted by Crippen LogP contribution is 2.32. The van der Waals surface area contributed by atoms with E-state index in [0.29, 0.717) is 88.0 Å². The molecule has 1 atom stereocenters. The lowest BCUT2D eigenvalue weighted by molar-refractivity contribution is -0.126. The maximum atomic E-state index is 13.1. The number of benzene rings is 3. The first kappa shape index (κ1) is 49.3. The Bertz CT molecular complexity index is 2940. The van der Waals surface area contributed by atoms with Crippen LogP contribution in [0.5, 0.6) is 0 Å². The summed E-state index contributed by atoms with van der Waals surface area (Å²) >= 11 is 4.16. The zero-order valence-electron chi connectivity index (χ0n) is 39.3. The van der Waals surface area contributed by atoms with Gasteiger partial charge in [-0.25, -0.2) is 29.6 Å². The number of piperidine rings is 1. The number of aryl methyl sites for hydroxylation is 1. The van der Waals surface area contributed by atoms with E-state index >= 15 is 0 Å². The van der Waals surface area contributed by atoms with Gasteiger partial charge in [0.05, 0.1) is 18.4 Å². The van der Waals surface area contributed by atoms with Crippen LogP contribution in [-0.2, 0) is 17.8 Å². The summed E-state index contributed by atoms with van der Waals surface area (Å²) in [5.74, 6) is 1.42. The minimum absolute atomic E-state index is 0.0258. The number of carbonyl (C=O) groups excluding carboxylic acids is 2. The summed E-state index contributed by atoms with van der Waals surface area (Å²) in [6.07, 6.45) is 4.55. The molecular formula is C49H56N16O3S3. The largest absolute Gasteiger partial charge is 0.367 e. The molecule has 3 aromatic carbocycles. The molecule has 368 valence electrons. The van der Waals surface area contributed by atoms with E-state index in [1.54, 1.807) is 11.8 Å². The molecule has 0 aliphatic carbocycles. The van der Waals surface area contributed by atoms with Gasteiger partial charge in [0.25, 0.3) is 5.91 Å². The second kappa shape index (κ2) is 23.9. The molecule has 0 saturated carbocycles. The number of rotatable bonds is 22. The van der Waals surface area contributed by atoms with Crippen molar-refractivity contribution in [3.05, 3.63) is 118 Å². The van der Waals surface area contributed by atoms with Gasteiger partial charge in [-0.3, -0.25) is 15.0 Å². The maximum absolute atomic E-state index is 13.1. The van der Waals surface area contributed by atoms with Crippen molar-refractivity contribution in [2.24, 2.45) is 21.9 Å². The third-order valence-corrected chi connectivity index (χ3v) is 14.7. The molecule has 2 amide bonds. The van der Waals surface area contributed by atoms with Gasteiger partial charge in [-0.05, 0) is 56.3 Å². The molecule has 4 aromatic heterocycles. The Morgan fingerprint density at radius 3 is 2.44 bits per heavy atom. The smallest absolute Gasteiger partial charge is 0.263 e. The van der Waals surface area contributed by atoms with E-state index in [2.05, 4.69) is 82.8 Å². The van der Waals surface area contributed by atoms with Crippen LogP contribution in [0, 0.1) is 5.92 Å². The number of nitrogens with two attached hydrogens (primary N) is 1. The number of hydrogen-bond acceptors (Lipinski definition) is 19. The molecule has 1 fully saturated rings. The summed E-state index contributed by atoms with van der Waals surface area (Å²) in [5, 5.41) is 44.0. The standard InChI is InChI=1S/C49H56N16O3S3/c1-2-28-69-48-56-42(51-23-21-50)41-43(57-48)64(62-59-41)30-33-17-15-32(16-18-33)10-9-22-52-44(66)36-19-25-63(26-20-36)27-24-53-45(67)38-29-54-47(71-38)60-58-40-39(35-13-7-4-8-14-35)61-65(46(40)68)49-55-37(31-70-49)34-11-5-3-6-12-34/h3-8,11-18,29,31,36,46,68H,2,9-10,19-28,30,50H2,1H3,(H,52,66)(H,53,67)(H,54,60)(H,51,56,57)/b58-40+. The molecule has 7 N–H and O–H groups in total. The van der Waals surface area contributed by atoms with E-state index in [-0.39, 0.29) is 17.7 Å². The van der Waals surface area contributed by atoms with Crippen LogP contribution in [0.4, 0.5) is 16.1 Å². The van der Waals surface area contributed by atoms with Crippen LogP contribution in [0.15, 0.2) is 112 Å². The van der Waals surface area contributed by atoms with Crippen molar-refractivity contribution in [2.45, 2.75) is 57.0 Å². The van der Waals surface area contributed by atoms with E-state index < -0.39 is 6.23 Å². The Labute approximate surface area is 423 Å². The molecule has 6 heterocycles. The monoisotopic (exact) mass is 1010 g/mol. The Balaban J connectivity index is 0.684. The number of aromatic nitrogens is 7. The summed E-state index contributed by atoms with van der Waals surface area (Å²) in [6.45, 7) is 7.04. The van der Waals surface area contributed by atoms with Crippen LogP contribution in [0.3, 0.4) is 0 Å². The predicted octanol–water partition coefficient (Wildman–Crippen LogP) is 5.92. The lowest BCUT2D eigenvalue weighted by Crippen LogP contribution is -2.43. The highest BCUT2D eigenvalue weighted by Gasteiger charge is 2.36. The number of hydrazone groups is 2. The fourth-order valence-corrected chi connectivity index (χ4v) is 10.3. The number of carbonyl (C=O) groups is 2. The molecule has 1 unspecified atom stereocenters. The van der Waals surface area contributed by atoms with Crippen molar-refractivity contribution in [3.8, 4) is 11.3 Å². The van der Waals surface area contributed by atoms with Gasteiger partial charge in [-0.1, -0.05) is 120 Å². The van der Waals surface area contributed by atoms with Crippen LogP contribution < -0.4 is 32.1 Å². The lowest BCUT2D eigenvalue weighted by Gasteiger charge is -2.31. The summed E-state index contributed by atoms with van der Waals surface area (Å²) in [5.41, 5.74) is 15.6. The number of hydrogen-bond donors (Lipinski definition) is 6. The molecule has 0 radical (unpaired) electrons. The van der Waals surface area contributed by atoms with E-state index in [9.17, 15) is 14.7 Å². The summed E-state index contributed by atoms with van der Waals surface area (Å²) < 4.78 is 1.81. The number of thioether (sulfide) groups is 1. The highest BCUT2D eigenvalue weighted by molar-refractivity contribution is 7.99. The Hall–Kier alpha value is -6.69. The molecule has 0 bridgehead atoms. The molecule has 2 aliphatic rings. The quantitative estimate of drug-likeness (QED) is 0.0200. The average molecular weight is 1010 g/mol. The molecule has 22 heteroatoms. The molecule has 19 nitrogen and oxygen atoms in total. The fraction of sp³-hybridized carbons (Fsp3) is 0.347. The van der Waals surface area contributed by atoms with Crippen molar-refractivity contribution < 1.29 is 14.7 Å². The van der Waals surface area contributed by atoms with Gasteiger partial charge < -0.3 is 31.7 Å². The van der Waals surface area contributed by atoms with Crippen molar-refractivity contribution in [2.75, 3.05) is 67.3 Å². The van der Waals surface area contributed by atoms with E-state index in [1.807, 2.05) is 70.7 Å². The van der Waals surface area contributed by atoms with Crippen LogP contribution in [-0.4, -0.2) is 126 Å². The van der Waals surface area contributed by atoms with Gasteiger partial charge in [0.1, 0.15) is 16.3 Å². The van der Waals surface area contributed by atoms with Gasteiger partial charge in [0, 0.05) is 60.9 Å². The number of fused-ring (bicyclic) bond motifs is 1. The van der Waals surface area contributed by atoms with Gasteiger partial charge >= 0.3 is 0 Å². The molecule has 9 rings (SSSR count). The number of nitrogens with zero attached hydrogens (tertiary/aromatic N) is 11. The average Bonchev–Trinajstić information content (AvgIpc) is 4.24. The van der Waals surface area contributed by atoms with Crippen molar-refractivity contribution in [1.29, 1.82) is 0 Å². The summed E-state index contributed by atoms with van der Waals surface area (Å²) in [6, 6.07) is 27.8. The van der Waals surface area contributed by atoms with Crippen molar-refractivity contribution in [1.82, 2.24) is 50.5 Å². The third-order valence-electron chi connectivity index (χ3n) is 11.9. The van der Waals surface area contributed by atoms with Gasteiger partial charge in [0.15, 0.2) is 28.4 Å². The Morgan fingerprint density at radius 1 is 0.915 bits per heavy atom. The topological polar surface area (TPSA) is 242 Å². The molecular weight excluding hydrogens is 957 g/mol. The number of aliphatic hydroxyl groups is 1. The first-order valence-electron chi connectivity index (χ1n) is 23.8. The zero-order valence-corrected chi connectivity index (χ0v) is 41.7. The highest BCUT2D eigenvalue weighted by atomic mass is 32.2. The molecule has 7 aromatic rings. The second-order valence-corrected chi connectivity index (χ2v) is 19.9. The van der Waals surface area contributed by atoms with E-state index in [4.69, 9.17) is 20.8 Å². The first-order valence-corrected chi connectivity index (χ1v) is 26.5. The van der Waals surface area contributed by atoms with Crippen molar-refractivity contribution in [3.63, 3.8) is 0 Å². The second-order valence-electron chi connectivity index (χ2n) is 17.0. The van der Waals surface area contributed by atoms with Crippen LogP contribution in [0.25, 0.3) is 22.4 Å². The molecule has 1 saturated heterocycles. The molecule has 71 heavy (non-hydrogen) atoms. The van der Waals surface area contributed by atoms with Gasteiger partial charge in [-0.15, -0.1) is 16.4 Å². The van der Waals surface area contributed by atoms with Crippen LogP contribution >= 0.6 is 34.4 Å².